The number of fused-ring (bicyclic) bond motifs is 1. The van der Waals surface area contributed by atoms with Crippen LogP contribution in [-0.4, -0.2) is 16.1 Å². The normalized spacial score (nSPS) is 13.5. The molecule has 0 radical (unpaired) electrons. The van der Waals surface area contributed by atoms with Crippen LogP contribution in [0.2, 0.25) is 5.15 Å². The number of nitro groups is 1. The Morgan fingerprint density at radius 1 is 1.60 bits per heavy atom. The van der Waals surface area contributed by atoms with Gasteiger partial charge in [-0.1, -0.05) is 11.6 Å². The molecule has 15 heavy (non-hydrogen) atoms. The topological polar surface area (TPSA) is 74.4 Å². The third-order valence-electron chi connectivity index (χ3n) is 2.32. The summed E-state index contributed by atoms with van der Waals surface area (Å²) in [7, 11) is 1.40. The van der Waals surface area contributed by atoms with Crippen LogP contribution in [-0.2, 0) is 13.5 Å². The van der Waals surface area contributed by atoms with Gasteiger partial charge < -0.3 is 4.74 Å². The minimum atomic E-state index is -0.745. The van der Waals surface area contributed by atoms with Crippen LogP contribution in [0.15, 0.2) is 4.79 Å². The molecule has 1 aromatic rings. The molecule has 2 heterocycles. The van der Waals surface area contributed by atoms with E-state index < -0.39 is 16.2 Å². The molecular formula is C8H7ClN2O4. The molecular weight excluding hydrogens is 224 g/mol. The molecule has 0 aliphatic carbocycles. The van der Waals surface area contributed by atoms with Gasteiger partial charge in [-0.15, -0.1) is 0 Å². The van der Waals surface area contributed by atoms with Crippen molar-refractivity contribution >= 4 is 17.3 Å². The first-order valence-corrected chi connectivity index (χ1v) is 4.60. The summed E-state index contributed by atoms with van der Waals surface area (Å²) in [6, 6.07) is 0. The quantitative estimate of drug-likeness (QED) is 0.408. The summed E-state index contributed by atoms with van der Waals surface area (Å²) in [6.45, 7) is 0.319. The molecule has 0 unspecified atom stereocenters. The zero-order valence-corrected chi connectivity index (χ0v) is 8.58. The van der Waals surface area contributed by atoms with Gasteiger partial charge in [-0.25, -0.2) is 0 Å². The molecule has 80 valence electrons. The third kappa shape index (κ3) is 1.29. The summed E-state index contributed by atoms with van der Waals surface area (Å²) in [5.41, 5.74) is -0.745. The molecule has 1 aromatic heterocycles. The average molecular weight is 231 g/mol. The number of pyridine rings is 1. The Morgan fingerprint density at radius 3 is 2.87 bits per heavy atom. The standard InChI is InChI=1S/C8H7ClN2O4/c1-10-7(9)4-2-3-15-6(4)5(8(10)12)11(13)14/h2-3H2,1H3. The average Bonchev–Trinajstić information content (AvgIpc) is 2.62. The molecule has 6 nitrogen and oxygen atoms in total. The van der Waals surface area contributed by atoms with E-state index in [0.29, 0.717) is 18.6 Å². The van der Waals surface area contributed by atoms with Crippen LogP contribution in [0.3, 0.4) is 0 Å². The Balaban J connectivity index is 2.87. The lowest BCUT2D eigenvalue weighted by atomic mass is 10.2. The van der Waals surface area contributed by atoms with E-state index in [9.17, 15) is 14.9 Å². The van der Waals surface area contributed by atoms with Gasteiger partial charge in [-0.2, -0.15) is 0 Å². The fourth-order valence-electron chi connectivity index (χ4n) is 1.57. The van der Waals surface area contributed by atoms with Crippen molar-refractivity contribution in [2.45, 2.75) is 6.42 Å². The Labute approximate surface area is 89.2 Å². The van der Waals surface area contributed by atoms with Crippen molar-refractivity contribution in [2.24, 2.45) is 7.05 Å². The van der Waals surface area contributed by atoms with Gasteiger partial charge in [-0.3, -0.25) is 19.5 Å². The summed E-state index contributed by atoms with van der Waals surface area (Å²) in [5.74, 6) is 0.0214. The van der Waals surface area contributed by atoms with Crippen LogP contribution >= 0.6 is 11.6 Å². The number of rotatable bonds is 1. The van der Waals surface area contributed by atoms with Gasteiger partial charge in [0.05, 0.1) is 11.5 Å². The fraction of sp³-hybridized carbons (Fsp3) is 0.375. The van der Waals surface area contributed by atoms with E-state index in [1.807, 2.05) is 0 Å². The molecule has 1 aliphatic rings. The number of ether oxygens (including phenoxy) is 1. The lowest BCUT2D eigenvalue weighted by Gasteiger charge is -2.06. The van der Waals surface area contributed by atoms with E-state index in [1.54, 1.807) is 0 Å². The Morgan fingerprint density at radius 2 is 2.27 bits per heavy atom. The summed E-state index contributed by atoms with van der Waals surface area (Å²) < 4.78 is 6.13. The second kappa shape index (κ2) is 3.23. The summed E-state index contributed by atoms with van der Waals surface area (Å²) >= 11 is 5.88. The van der Waals surface area contributed by atoms with Crippen molar-refractivity contribution in [1.29, 1.82) is 0 Å². The fourth-order valence-corrected chi connectivity index (χ4v) is 1.83. The van der Waals surface area contributed by atoms with Crippen LogP contribution in [0.25, 0.3) is 0 Å². The number of hydrogen-bond donors (Lipinski definition) is 0. The van der Waals surface area contributed by atoms with Gasteiger partial charge in [-0.05, 0) is 0 Å². The lowest BCUT2D eigenvalue weighted by Crippen LogP contribution is -2.21. The minimum absolute atomic E-state index is 0.0214. The largest absolute Gasteiger partial charge is 0.486 e. The van der Waals surface area contributed by atoms with Gasteiger partial charge in [0.2, 0.25) is 5.75 Å². The number of aromatic nitrogens is 1. The molecule has 0 amide bonds. The van der Waals surface area contributed by atoms with Gasteiger partial charge in [0, 0.05) is 19.0 Å². The zero-order valence-electron chi connectivity index (χ0n) is 7.82. The second-order valence-corrected chi connectivity index (χ2v) is 3.52. The predicted molar refractivity (Wildman–Crippen MR) is 52.5 cm³/mol. The van der Waals surface area contributed by atoms with Crippen molar-refractivity contribution in [2.75, 3.05) is 6.61 Å². The summed E-state index contributed by atoms with van der Waals surface area (Å²) in [5, 5.41) is 10.9. The van der Waals surface area contributed by atoms with Crippen LogP contribution in [0.5, 0.6) is 5.75 Å². The van der Waals surface area contributed by atoms with E-state index in [1.165, 1.54) is 7.05 Å². The Bertz CT molecular complexity index is 508. The van der Waals surface area contributed by atoms with Crippen molar-refractivity contribution in [3.05, 3.63) is 31.2 Å². The molecule has 1 aliphatic heterocycles. The maximum Gasteiger partial charge on any atom is 0.375 e. The van der Waals surface area contributed by atoms with Crippen molar-refractivity contribution < 1.29 is 9.66 Å². The Hall–Kier alpha value is -1.56. The third-order valence-corrected chi connectivity index (χ3v) is 2.80. The van der Waals surface area contributed by atoms with Crippen molar-refractivity contribution in [3.63, 3.8) is 0 Å². The van der Waals surface area contributed by atoms with E-state index in [4.69, 9.17) is 16.3 Å². The molecule has 0 N–H and O–H groups in total. The van der Waals surface area contributed by atoms with Crippen LogP contribution in [0.4, 0.5) is 5.69 Å². The SMILES string of the molecule is Cn1c(Cl)c2c(c([N+](=O)[O-])c1=O)OCC2. The second-order valence-electron chi connectivity index (χ2n) is 3.17. The number of halogens is 1. The molecule has 0 saturated heterocycles. The van der Waals surface area contributed by atoms with Gasteiger partial charge >= 0.3 is 11.2 Å². The van der Waals surface area contributed by atoms with Crippen molar-refractivity contribution in [1.82, 2.24) is 4.57 Å². The van der Waals surface area contributed by atoms with Gasteiger partial charge in [0.25, 0.3) is 0 Å². The van der Waals surface area contributed by atoms with Gasteiger partial charge in [0.15, 0.2) is 0 Å². The van der Waals surface area contributed by atoms with Crippen LogP contribution in [0, 0.1) is 10.1 Å². The minimum Gasteiger partial charge on any atom is -0.486 e. The predicted octanol–water partition coefficient (Wildman–Crippen LogP) is 0.882. The van der Waals surface area contributed by atoms with Gasteiger partial charge in [0.1, 0.15) is 5.15 Å². The van der Waals surface area contributed by atoms with E-state index in [0.717, 1.165) is 4.57 Å². The van der Waals surface area contributed by atoms with E-state index in [-0.39, 0.29) is 10.9 Å². The molecule has 2 rings (SSSR count). The van der Waals surface area contributed by atoms with Crippen LogP contribution < -0.4 is 10.3 Å². The number of nitrogens with zero attached hydrogens (tertiary/aromatic N) is 2. The summed E-state index contributed by atoms with van der Waals surface area (Å²) in [4.78, 5) is 21.5. The van der Waals surface area contributed by atoms with E-state index >= 15 is 0 Å². The monoisotopic (exact) mass is 230 g/mol. The Kier molecular flexibility index (Phi) is 2.15. The number of hydrogen-bond acceptors (Lipinski definition) is 4. The molecule has 0 saturated carbocycles. The highest BCUT2D eigenvalue weighted by molar-refractivity contribution is 6.30. The van der Waals surface area contributed by atoms with Crippen LogP contribution in [0.1, 0.15) is 5.56 Å². The van der Waals surface area contributed by atoms with Crippen molar-refractivity contribution in [3.8, 4) is 5.75 Å². The first-order valence-electron chi connectivity index (χ1n) is 4.22. The van der Waals surface area contributed by atoms with E-state index in [2.05, 4.69) is 0 Å². The highest BCUT2D eigenvalue weighted by Gasteiger charge is 2.32. The molecule has 0 fully saturated rings. The molecule has 0 atom stereocenters. The maximum atomic E-state index is 11.5. The maximum absolute atomic E-state index is 11.5. The first kappa shape index (κ1) is 9.97. The first-order chi connectivity index (χ1) is 7.04. The zero-order chi connectivity index (χ0) is 11.2. The molecule has 0 aromatic carbocycles. The lowest BCUT2D eigenvalue weighted by molar-refractivity contribution is -0.387. The highest BCUT2D eigenvalue weighted by Crippen LogP contribution is 2.36. The summed E-state index contributed by atoms with van der Waals surface area (Å²) in [6.07, 6.45) is 0.489. The molecule has 0 spiro atoms. The highest BCUT2D eigenvalue weighted by atomic mass is 35.5. The molecule has 0 bridgehead atoms. The smallest absolute Gasteiger partial charge is 0.375 e. The molecule has 7 heteroatoms.